The zero-order chi connectivity index (χ0) is 21.6. The van der Waals surface area contributed by atoms with Gasteiger partial charge in [0.1, 0.15) is 11.6 Å². The molecule has 0 atom stereocenters. The van der Waals surface area contributed by atoms with E-state index in [1.54, 1.807) is 6.07 Å². The number of benzene rings is 2. The van der Waals surface area contributed by atoms with Crippen molar-refractivity contribution >= 4 is 30.2 Å². The monoisotopic (exact) mass is 422 g/mol. The second-order valence-corrected chi connectivity index (χ2v) is 8.42. The lowest BCUT2D eigenvalue weighted by Crippen LogP contribution is -2.41. The lowest BCUT2D eigenvalue weighted by molar-refractivity contribution is -0.139. The Labute approximate surface area is 174 Å². The van der Waals surface area contributed by atoms with Gasteiger partial charge in [0.15, 0.2) is 0 Å². The van der Waals surface area contributed by atoms with E-state index in [2.05, 4.69) is 4.74 Å². The number of esters is 1. The van der Waals surface area contributed by atoms with Crippen molar-refractivity contribution in [2.45, 2.75) is 45.3 Å². The van der Waals surface area contributed by atoms with Crippen molar-refractivity contribution in [1.82, 2.24) is 0 Å². The molecule has 29 heavy (non-hydrogen) atoms. The summed E-state index contributed by atoms with van der Waals surface area (Å²) < 4.78 is 46.1. The highest BCUT2D eigenvalue weighted by Gasteiger charge is 2.52. The topological polar surface area (TPSA) is 44.8 Å². The van der Waals surface area contributed by atoms with E-state index in [-0.39, 0.29) is 28.0 Å². The van der Waals surface area contributed by atoms with Crippen LogP contribution < -0.4 is 5.46 Å². The van der Waals surface area contributed by atoms with Crippen molar-refractivity contribution in [2.24, 2.45) is 0 Å². The molecule has 1 saturated heterocycles. The van der Waals surface area contributed by atoms with Gasteiger partial charge >= 0.3 is 13.1 Å². The Kier molecular flexibility index (Phi) is 5.78. The van der Waals surface area contributed by atoms with E-state index in [0.29, 0.717) is 5.56 Å². The van der Waals surface area contributed by atoms with Crippen LogP contribution in [0.15, 0.2) is 30.3 Å². The van der Waals surface area contributed by atoms with Crippen molar-refractivity contribution in [3.05, 3.63) is 52.6 Å². The van der Waals surface area contributed by atoms with Crippen LogP contribution in [-0.2, 0) is 25.3 Å². The number of hydrogen-bond acceptors (Lipinski definition) is 4. The minimum atomic E-state index is -0.879. The Bertz CT molecular complexity index is 923. The summed E-state index contributed by atoms with van der Waals surface area (Å²) >= 11 is 6.24. The summed E-state index contributed by atoms with van der Waals surface area (Å²) in [4.78, 5) is 11.4. The van der Waals surface area contributed by atoms with Crippen molar-refractivity contribution in [3.63, 3.8) is 0 Å². The molecule has 0 aliphatic carbocycles. The maximum Gasteiger partial charge on any atom is 0.495 e. The van der Waals surface area contributed by atoms with Crippen LogP contribution in [0.4, 0.5) is 8.78 Å². The number of ether oxygens (including phenoxy) is 1. The van der Waals surface area contributed by atoms with Gasteiger partial charge in [0, 0.05) is 10.6 Å². The minimum Gasteiger partial charge on any atom is -0.469 e. The van der Waals surface area contributed by atoms with Gasteiger partial charge < -0.3 is 14.0 Å². The third-order valence-corrected chi connectivity index (χ3v) is 5.78. The van der Waals surface area contributed by atoms with Crippen LogP contribution in [0.2, 0.25) is 5.02 Å². The number of halogens is 3. The first-order chi connectivity index (χ1) is 13.4. The van der Waals surface area contributed by atoms with E-state index in [9.17, 15) is 13.6 Å². The van der Waals surface area contributed by atoms with Gasteiger partial charge in [0.05, 0.1) is 30.3 Å². The van der Waals surface area contributed by atoms with E-state index >= 15 is 0 Å². The number of carbonyl (C=O) groups is 1. The summed E-state index contributed by atoms with van der Waals surface area (Å²) in [6.45, 7) is 7.46. The standard InChI is InChI=1S/C21H22BClF2O4/c1-20(2)21(3,4)29-22(28-20)13-10-16(24)19(17(25)11-13)14-7-6-12(8-15(14)23)9-18(26)27-5/h6-8,10-11H,9H2,1-5H3. The number of hydrogen-bond donors (Lipinski definition) is 0. The fraction of sp³-hybridized carbons (Fsp3) is 0.381. The third kappa shape index (κ3) is 4.18. The summed E-state index contributed by atoms with van der Waals surface area (Å²) in [5.41, 5.74) is -0.471. The summed E-state index contributed by atoms with van der Waals surface area (Å²) in [6.07, 6.45) is 0.0162. The van der Waals surface area contributed by atoms with E-state index in [4.69, 9.17) is 20.9 Å². The first kappa shape index (κ1) is 21.7. The van der Waals surface area contributed by atoms with Crippen LogP contribution in [-0.4, -0.2) is 31.4 Å². The van der Waals surface area contributed by atoms with Crippen molar-refractivity contribution in [1.29, 1.82) is 0 Å². The van der Waals surface area contributed by atoms with Crippen LogP contribution in [0.3, 0.4) is 0 Å². The van der Waals surface area contributed by atoms with Crippen LogP contribution in [0.25, 0.3) is 11.1 Å². The maximum absolute atomic E-state index is 14.9. The summed E-state index contributed by atoms with van der Waals surface area (Å²) in [7, 11) is 0.404. The molecule has 2 aromatic carbocycles. The molecule has 1 aliphatic heterocycles. The fourth-order valence-corrected chi connectivity index (χ4v) is 3.37. The summed E-state index contributed by atoms with van der Waals surface area (Å²) in [5.74, 6) is -1.99. The molecule has 0 spiro atoms. The zero-order valence-corrected chi connectivity index (χ0v) is 17.7. The molecule has 154 valence electrons. The van der Waals surface area contributed by atoms with Gasteiger partial charge in [-0.1, -0.05) is 23.7 Å². The van der Waals surface area contributed by atoms with Gasteiger partial charge in [-0.2, -0.15) is 0 Å². The first-order valence-corrected chi connectivity index (χ1v) is 9.53. The van der Waals surface area contributed by atoms with Gasteiger partial charge in [0.25, 0.3) is 0 Å². The molecule has 3 rings (SSSR count). The molecule has 0 unspecified atom stereocenters. The normalized spacial score (nSPS) is 17.4. The highest BCUT2D eigenvalue weighted by Crippen LogP contribution is 2.37. The molecule has 8 heteroatoms. The van der Waals surface area contributed by atoms with Crippen molar-refractivity contribution in [3.8, 4) is 11.1 Å². The molecule has 0 aromatic heterocycles. The smallest absolute Gasteiger partial charge is 0.469 e. The largest absolute Gasteiger partial charge is 0.495 e. The molecule has 0 amide bonds. The predicted molar refractivity (Wildman–Crippen MR) is 108 cm³/mol. The summed E-state index contributed by atoms with van der Waals surface area (Å²) in [6, 6.07) is 6.95. The van der Waals surface area contributed by atoms with E-state index in [1.165, 1.54) is 31.4 Å². The fourth-order valence-electron chi connectivity index (χ4n) is 3.08. The maximum atomic E-state index is 14.9. The number of methoxy groups -OCH3 is 1. The lowest BCUT2D eigenvalue weighted by atomic mass is 9.78. The van der Waals surface area contributed by atoms with E-state index < -0.39 is 35.9 Å². The molecule has 0 saturated carbocycles. The second kappa shape index (κ2) is 7.71. The molecule has 4 nitrogen and oxygen atoms in total. The Morgan fingerprint density at radius 1 is 1.07 bits per heavy atom. The summed E-state index contributed by atoms with van der Waals surface area (Å²) in [5, 5.41) is 0.132. The van der Waals surface area contributed by atoms with Crippen LogP contribution in [0, 0.1) is 11.6 Å². The van der Waals surface area contributed by atoms with Gasteiger partial charge in [-0.25, -0.2) is 8.78 Å². The second-order valence-electron chi connectivity index (χ2n) is 8.01. The first-order valence-electron chi connectivity index (χ1n) is 9.15. The predicted octanol–water partition coefficient (Wildman–Crippen LogP) is 4.30. The van der Waals surface area contributed by atoms with Gasteiger partial charge in [-0.3, -0.25) is 4.79 Å². The van der Waals surface area contributed by atoms with Crippen molar-refractivity contribution in [2.75, 3.05) is 7.11 Å². The molecule has 1 fully saturated rings. The molecule has 0 N–H and O–H groups in total. The van der Waals surface area contributed by atoms with Crippen LogP contribution in [0.5, 0.6) is 0 Å². The Hall–Kier alpha value is -1.96. The van der Waals surface area contributed by atoms with Crippen molar-refractivity contribution < 1.29 is 27.6 Å². The van der Waals surface area contributed by atoms with Crippen LogP contribution >= 0.6 is 11.6 Å². The Morgan fingerprint density at radius 2 is 1.62 bits per heavy atom. The molecule has 2 aromatic rings. The number of carbonyl (C=O) groups excluding carboxylic acids is 1. The molecular formula is C21H22BClF2O4. The lowest BCUT2D eigenvalue weighted by Gasteiger charge is -2.32. The molecule has 0 bridgehead atoms. The van der Waals surface area contributed by atoms with E-state index in [1.807, 2.05) is 27.7 Å². The average Bonchev–Trinajstić information content (AvgIpc) is 2.83. The Balaban J connectivity index is 1.94. The highest BCUT2D eigenvalue weighted by molar-refractivity contribution is 6.62. The van der Waals surface area contributed by atoms with E-state index in [0.717, 1.165) is 0 Å². The SMILES string of the molecule is COC(=O)Cc1ccc(-c2c(F)cc(B3OC(C)(C)C(C)(C)O3)cc2F)c(Cl)c1. The van der Waals surface area contributed by atoms with Crippen LogP contribution in [0.1, 0.15) is 33.3 Å². The third-order valence-electron chi connectivity index (χ3n) is 5.47. The average molecular weight is 423 g/mol. The Morgan fingerprint density at radius 3 is 2.10 bits per heavy atom. The van der Waals surface area contributed by atoms with Gasteiger partial charge in [-0.15, -0.1) is 0 Å². The molecule has 1 heterocycles. The molecule has 1 aliphatic rings. The highest BCUT2D eigenvalue weighted by atomic mass is 35.5. The molecule has 0 radical (unpaired) electrons. The quantitative estimate of drug-likeness (QED) is 0.544. The van der Waals surface area contributed by atoms with Gasteiger partial charge in [0.2, 0.25) is 0 Å². The van der Waals surface area contributed by atoms with Gasteiger partial charge in [-0.05, 0) is 56.9 Å². The molecular weight excluding hydrogens is 400 g/mol. The zero-order valence-electron chi connectivity index (χ0n) is 16.9. The minimum absolute atomic E-state index is 0.0162. The number of rotatable bonds is 4.